The fourth-order valence-electron chi connectivity index (χ4n) is 1.44. The normalized spacial score (nSPS) is 11.5. The van der Waals surface area contributed by atoms with Crippen LogP contribution >= 0.6 is 33.9 Å². The fraction of sp³-hybridized carbons (Fsp3) is 0.200. The average Bonchev–Trinajstić information content (AvgIpc) is 2.46. The molecule has 74 valence electrons. The molecule has 4 heteroatoms. The van der Waals surface area contributed by atoms with Crippen LogP contribution in [-0.2, 0) is 0 Å². The topological polar surface area (TPSA) is 0 Å². The van der Waals surface area contributed by atoms with E-state index in [9.17, 15) is 8.78 Å². The first-order chi connectivity index (χ1) is 6.61. The van der Waals surface area contributed by atoms with Gasteiger partial charge in [-0.3, -0.25) is 0 Å². The van der Waals surface area contributed by atoms with Crippen molar-refractivity contribution in [3.05, 3.63) is 32.2 Å². The Kier molecular flexibility index (Phi) is 2.74. The van der Waals surface area contributed by atoms with Crippen molar-refractivity contribution in [2.75, 3.05) is 0 Å². The standard InChI is InChI=1S/C10H7F2IS/c1-5-6-3-2-4-7(13)9(6)14-8(5)10(11)12/h2-4,10H,1H3. The minimum atomic E-state index is -2.36. The Morgan fingerprint density at radius 3 is 2.64 bits per heavy atom. The molecule has 2 aromatic rings. The van der Waals surface area contributed by atoms with Crippen LogP contribution in [0, 0.1) is 10.5 Å². The molecule has 0 unspecified atom stereocenters. The number of fused-ring (bicyclic) bond motifs is 1. The molecule has 0 atom stereocenters. The van der Waals surface area contributed by atoms with Gasteiger partial charge in [0.1, 0.15) is 0 Å². The maximum absolute atomic E-state index is 12.6. The SMILES string of the molecule is Cc1c(C(F)F)sc2c(I)cccc12. The number of hydrogen-bond acceptors (Lipinski definition) is 1. The van der Waals surface area contributed by atoms with Gasteiger partial charge in [-0.15, -0.1) is 11.3 Å². The third kappa shape index (κ3) is 1.54. The van der Waals surface area contributed by atoms with Gasteiger partial charge in [-0.25, -0.2) is 8.78 Å². The summed E-state index contributed by atoms with van der Waals surface area (Å²) in [5.41, 5.74) is 0.721. The largest absolute Gasteiger partial charge is 0.273 e. The predicted molar refractivity (Wildman–Crippen MR) is 64.2 cm³/mol. The molecule has 0 nitrogen and oxygen atoms in total. The van der Waals surface area contributed by atoms with Crippen molar-refractivity contribution in [1.29, 1.82) is 0 Å². The van der Waals surface area contributed by atoms with Crippen LogP contribution in [0.25, 0.3) is 10.1 Å². The van der Waals surface area contributed by atoms with Gasteiger partial charge in [-0.2, -0.15) is 0 Å². The summed E-state index contributed by atoms with van der Waals surface area (Å²) in [5, 5.41) is 0.956. The average molecular weight is 324 g/mol. The Morgan fingerprint density at radius 1 is 1.36 bits per heavy atom. The minimum absolute atomic E-state index is 0.198. The molecule has 0 bridgehead atoms. The number of alkyl halides is 2. The zero-order valence-electron chi connectivity index (χ0n) is 7.35. The molecule has 0 aliphatic heterocycles. The molecule has 1 heterocycles. The number of aryl methyl sites for hydroxylation is 1. The van der Waals surface area contributed by atoms with E-state index < -0.39 is 6.43 Å². The maximum atomic E-state index is 12.6. The molecule has 0 amide bonds. The fourth-order valence-corrected chi connectivity index (χ4v) is 3.33. The minimum Gasteiger partial charge on any atom is -0.204 e. The monoisotopic (exact) mass is 324 g/mol. The lowest BCUT2D eigenvalue weighted by Gasteiger charge is -1.95. The van der Waals surface area contributed by atoms with Gasteiger partial charge in [-0.1, -0.05) is 12.1 Å². The number of hydrogen-bond donors (Lipinski definition) is 0. The van der Waals surface area contributed by atoms with Crippen molar-refractivity contribution in [2.24, 2.45) is 0 Å². The van der Waals surface area contributed by atoms with Gasteiger partial charge in [0.05, 0.1) is 4.88 Å². The van der Waals surface area contributed by atoms with Crippen molar-refractivity contribution >= 4 is 44.0 Å². The Hall–Kier alpha value is -0.230. The Bertz CT molecular complexity index is 476. The third-order valence-electron chi connectivity index (χ3n) is 2.15. The summed E-state index contributed by atoms with van der Waals surface area (Å²) < 4.78 is 27.2. The Morgan fingerprint density at radius 2 is 2.07 bits per heavy atom. The lowest BCUT2D eigenvalue weighted by Crippen LogP contribution is -1.80. The van der Waals surface area contributed by atoms with E-state index in [1.165, 1.54) is 11.3 Å². The molecule has 0 fully saturated rings. The molecule has 0 aliphatic carbocycles. The van der Waals surface area contributed by atoms with Gasteiger partial charge in [0.2, 0.25) is 0 Å². The van der Waals surface area contributed by atoms with Crippen molar-refractivity contribution in [3.63, 3.8) is 0 Å². The smallest absolute Gasteiger partial charge is 0.204 e. The van der Waals surface area contributed by atoms with Crippen LogP contribution < -0.4 is 0 Å². The Balaban J connectivity index is 2.80. The first kappa shape index (κ1) is 10.3. The van der Waals surface area contributed by atoms with Gasteiger partial charge in [0, 0.05) is 8.27 Å². The van der Waals surface area contributed by atoms with Crippen molar-refractivity contribution in [1.82, 2.24) is 0 Å². The van der Waals surface area contributed by atoms with Gasteiger partial charge in [0.25, 0.3) is 6.43 Å². The highest BCUT2D eigenvalue weighted by Crippen LogP contribution is 2.38. The van der Waals surface area contributed by atoms with Crippen molar-refractivity contribution in [2.45, 2.75) is 13.3 Å². The summed E-state index contributed by atoms with van der Waals surface area (Å²) in [6.07, 6.45) is -2.36. The second kappa shape index (κ2) is 3.73. The summed E-state index contributed by atoms with van der Waals surface area (Å²) in [6, 6.07) is 5.74. The molecular formula is C10H7F2IS. The number of halogens is 3. The van der Waals surface area contributed by atoms with Crippen LogP contribution in [0.3, 0.4) is 0 Å². The summed E-state index contributed by atoms with van der Waals surface area (Å²) in [7, 11) is 0. The molecular weight excluding hydrogens is 317 g/mol. The van der Waals surface area contributed by atoms with E-state index in [1.807, 2.05) is 18.2 Å². The number of rotatable bonds is 1. The molecule has 1 aromatic carbocycles. The number of benzene rings is 1. The third-order valence-corrected chi connectivity index (χ3v) is 4.76. The van der Waals surface area contributed by atoms with Gasteiger partial charge < -0.3 is 0 Å². The van der Waals surface area contributed by atoms with Crippen molar-refractivity contribution < 1.29 is 8.78 Å². The second-order valence-corrected chi connectivity index (χ2v) is 5.22. The quantitative estimate of drug-likeness (QED) is 0.664. The molecule has 0 spiro atoms. The highest BCUT2D eigenvalue weighted by atomic mass is 127. The summed E-state index contributed by atoms with van der Waals surface area (Å²) in [6.45, 7) is 1.76. The molecule has 14 heavy (non-hydrogen) atoms. The van der Waals surface area contributed by atoms with E-state index >= 15 is 0 Å². The molecule has 2 rings (SSSR count). The first-order valence-electron chi connectivity index (χ1n) is 4.07. The van der Waals surface area contributed by atoms with Crippen molar-refractivity contribution in [3.8, 4) is 0 Å². The summed E-state index contributed by atoms with van der Waals surface area (Å²) in [5.74, 6) is 0. The van der Waals surface area contributed by atoms with E-state index in [0.717, 1.165) is 19.2 Å². The van der Waals surface area contributed by atoms with Gasteiger partial charge in [-0.05, 0) is 46.5 Å². The van der Waals surface area contributed by atoms with E-state index in [4.69, 9.17) is 0 Å². The van der Waals surface area contributed by atoms with Crippen LogP contribution in [0.2, 0.25) is 0 Å². The summed E-state index contributed by atoms with van der Waals surface area (Å²) in [4.78, 5) is 0.198. The molecule has 1 aromatic heterocycles. The second-order valence-electron chi connectivity index (χ2n) is 3.01. The van der Waals surface area contributed by atoms with E-state index in [-0.39, 0.29) is 4.88 Å². The lowest BCUT2D eigenvalue weighted by atomic mass is 10.1. The highest BCUT2D eigenvalue weighted by Gasteiger charge is 2.17. The van der Waals surface area contributed by atoms with E-state index in [0.29, 0.717) is 0 Å². The maximum Gasteiger partial charge on any atom is 0.273 e. The molecule has 0 N–H and O–H groups in total. The van der Waals surface area contributed by atoms with Gasteiger partial charge >= 0.3 is 0 Å². The highest BCUT2D eigenvalue weighted by molar-refractivity contribution is 14.1. The zero-order valence-corrected chi connectivity index (χ0v) is 10.3. The number of thiophene rings is 1. The van der Waals surface area contributed by atoms with Crippen LogP contribution in [0.4, 0.5) is 8.78 Å². The molecule has 0 saturated carbocycles. The van der Waals surface area contributed by atoms with Crippen LogP contribution in [0.1, 0.15) is 16.9 Å². The first-order valence-corrected chi connectivity index (χ1v) is 5.96. The predicted octanol–water partition coefficient (Wildman–Crippen LogP) is 4.75. The summed E-state index contributed by atoms with van der Waals surface area (Å²) >= 11 is 3.38. The lowest BCUT2D eigenvalue weighted by molar-refractivity contribution is 0.155. The van der Waals surface area contributed by atoms with Gasteiger partial charge in [0.15, 0.2) is 0 Å². The van der Waals surface area contributed by atoms with Crippen LogP contribution in [0.5, 0.6) is 0 Å². The van der Waals surface area contributed by atoms with Crippen LogP contribution in [0.15, 0.2) is 18.2 Å². The molecule has 0 aliphatic rings. The van der Waals surface area contributed by atoms with E-state index in [2.05, 4.69) is 22.6 Å². The molecule has 0 radical (unpaired) electrons. The molecule has 0 saturated heterocycles. The van der Waals surface area contributed by atoms with E-state index in [1.54, 1.807) is 6.92 Å². The van der Waals surface area contributed by atoms with Crippen LogP contribution in [-0.4, -0.2) is 0 Å². The zero-order chi connectivity index (χ0) is 10.3. The Labute approximate surface area is 98.1 Å².